The van der Waals surface area contributed by atoms with E-state index in [0.29, 0.717) is 27.2 Å². The van der Waals surface area contributed by atoms with Gasteiger partial charge in [0.05, 0.1) is 16.5 Å². The second-order valence-electron chi connectivity index (χ2n) is 7.43. The number of nitrogens with zero attached hydrogens (tertiary/aromatic N) is 2. The quantitative estimate of drug-likeness (QED) is 0.650. The lowest BCUT2D eigenvalue weighted by molar-refractivity contribution is -0.186. The van der Waals surface area contributed by atoms with Gasteiger partial charge < -0.3 is 10.0 Å². The molecule has 1 heterocycles. The van der Waals surface area contributed by atoms with Crippen molar-refractivity contribution in [3.63, 3.8) is 0 Å². The van der Waals surface area contributed by atoms with E-state index in [1.54, 1.807) is 12.1 Å². The summed E-state index contributed by atoms with van der Waals surface area (Å²) in [5, 5.41) is 18.5. The minimum atomic E-state index is -5.00. The molecule has 2 aromatic carbocycles. The second kappa shape index (κ2) is 9.21. The Morgan fingerprint density at radius 1 is 1.18 bits per heavy atom. The number of nitrogens with one attached hydrogen (secondary N) is 1. The fourth-order valence-electron chi connectivity index (χ4n) is 3.49. The number of hydrogen-bond acceptors (Lipinski definition) is 5. The van der Waals surface area contributed by atoms with Crippen LogP contribution in [0.15, 0.2) is 47.4 Å². The molecule has 0 aliphatic carbocycles. The van der Waals surface area contributed by atoms with Gasteiger partial charge in [0.1, 0.15) is 6.04 Å². The fraction of sp³-hybridized carbons (Fsp3) is 0.286. The Hall–Kier alpha value is -3.43. The standard InChI is InChI=1S/C21H18F3N3O5S/c22-21(23,24)20(30)27-7-6-15-10-17(5-4-16(15)12-27)33(31,32)26-18(19(28)29)9-13-2-1-3-14(8-13)11-25/h1-5,8,10,18,26H,6-7,9,12H2,(H,28,29)/t18-/m0/s1. The number of sulfonamides is 1. The van der Waals surface area contributed by atoms with E-state index in [-0.39, 0.29) is 30.8 Å². The van der Waals surface area contributed by atoms with E-state index in [1.807, 2.05) is 6.07 Å². The number of benzene rings is 2. The van der Waals surface area contributed by atoms with Crippen molar-refractivity contribution >= 4 is 21.9 Å². The number of hydrogen-bond donors (Lipinski definition) is 2. The number of carboxylic acid groups (broad SMARTS) is 1. The first kappa shape index (κ1) is 24.2. The normalized spacial score (nSPS) is 14.8. The molecule has 0 bridgehead atoms. The van der Waals surface area contributed by atoms with Crippen molar-refractivity contribution in [2.45, 2.75) is 36.5 Å². The number of carbonyl (C=O) groups excluding carboxylic acids is 1. The molecule has 0 fully saturated rings. The van der Waals surface area contributed by atoms with Crippen LogP contribution in [0.4, 0.5) is 13.2 Å². The predicted molar refractivity (Wildman–Crippen MR) is 108 cm³/mol. The second-order valence-corrected chi connectivity index (χ2v) is 9.15. The Bertz CT molecular complexity index is 1240. The molecule has 0 saturated heterocycles. The van der Waals surface area contributed by atoms with Gasteiger partial charge in [-0.2, -0.15) is 23.2 Å². The number of alkyl halides is 3. The van der Waals surface area contributed by atoms with E-state index in [2.05, 4.69) is 4.72 Å². The van der Waals surface area contributed by atoms with Gasteiger partial charge in [0.2, 0.25) is 10.0 Å². The zero-order valence-electron chi connectivity index (χ0n) is 17.0. The summed E-state index contributed by atoms with van der Waals surface area (Å²) in [6, 6.07) is 10.2. The number of rotatable bonds is 6. The van der Waals surface area contributed by atoms with E-state index in [9.17, 15) is 36.3 Å². The number of halogens is 3. The van der Waals surface area contributed by atoms with Crippen molar-refractivity contribution in [3.8, 4) is 6.07 Å². The van der Waals surface area contributed by atoms with Gasteiger partial charge in [-0.25, -0.2) is 8.42 Å². The minimum Gasteiger partial charge on any atom is -0.480 e. The minimum absolute atomic E-state index is 0.0177. The molecule has 2 aromatic rings. The first-order valence-electron chi connectivity index (χ1n) is 9.63. The van der Waals surface area contributed by atoms with Gasteiger partial charge in [0, 0.05) is 13.1 Å². The monoisotopic (exact) mass is 481 g/mol. The highest BCUT2D eigenvalue weighted by Gasteiger charge is 2.43. The molecular weight excluding hydrogens is 463 g/mol. The van der Waals surface area contributed by atoms with Gasteiger partial charge in [-0.15, -0.1) is 0 Å². The van der Waals surface area contributed by atoms with Crippen molar-refractivity contribution in [2.75, 3.05) is 6.54 Å². The topological polar surface area (TPSA) is 128 Å². The Morgan fingerprint density at radius 2 is 1.91 bits per heavy atom. The highest BCUT2D eigenvalue weighted by Crippen LogP contribution is 2.26. The van der Waals surface area contributed by atoms with Crippen molar-refractivity contribution in [1.82, 2.24) is 9.62 Å². The zero-order valence-corrected chi connectivity index (χ0v) is 17.8. The number of carbonyl (C=O) groups is 2. The number of fused-ring (bicyclic) bond motifs is 1. The van der Waals surface area contributed by atoms with Gasteiger partial charge in [-0.05, 0) is 53.8 Å². The molecule has 1 aliphatic rings. The van der Waals surface area contributed by atoms with Gasteiger partial charge in [0.25, 0.3) is 0 Å². The molecule has 2 N–H and O–H groups in total. The molecule has 0 unspecified atom stereocenters. The van der Waals surface area contributed by atoms with Crippen LogP contribution in [0.5, 0.6) is 0 Å². The van der Waals surface area contributed by atoms with Gasteiger partial charge in [-0.1, -0.05) is 18.2 Å². The maximum Gasteiger partial charge on any atom is 0.471 e. The summed E-state index contributed by atoms with van der Waals surface area (Å²) in [7, 11) is -4.28. The summed E-state index contributed by atoms with van der Waals surface area (Å²) in [5.74, 6) is -3.38. The molecule has 33 heavy (non-hydrogen) atoms. The Balaban J connectivity index is 1.79. The summed E-state index contributed by atoms with van der Waals surface area (Å²) >= 11 is 0. The van der Waals surface area contributed by atoms with Crippen LogP contribution < -0.4 is 4.72 Å². The van der Waals surface area contributed by atoms with E-state index >= 15 is 0 Å². The number of amides is 1. The van der Waals surface area contributed by atoms with E-state index in [4.69, 9.17) is 5.26 Å². The summed E-state index contributed by atoms with van der Waals surface area (Å²) in [6.07, 6.45) is -5.18. The average Bonchev–Trinajstić information content (AvgIpc) is 2.76. The van der Waals surface area contributed by atoms with Crippen molar-refractivity contribution in [3.05, 3.63) is 64.7 Å². The van der Waals surface area contributed by atoms with E-state index in [1.165, 1.54) is 24.3 Å². The third-order valence-corrected chi connectivity index (χ3v) is 6.59. The Kier molecular flexibility index (Phi) is 6.76. The molecule has 3 rings (SSSR count). The number of nitriles is 1. The van der Waals surface area contributed by atoms with Crippen LogP contribution in [0.1, 0.15) is 22.3 Å². The van der Waals surface area contributed by atoms with Crippen molar-refractivity contribution in [1.29, 1.82) is 5.26 Å². The fourth-order valence-corrected chi connectivity index (χ4v) is 4.73. The first-order chi connectivity index (χ1) is 15.4. The SMILES string of the molecule is N#Cc1cccc(C[C@H](NS(=O)(=O)c2ccc3c(c2)CCN(C(=O)C(F)(F)F)C3)C(=O)O)c1. The summed E-state index contributed by atoms with van der Waals surface area (Å²) in [6.45, 7) is -0.538. The lowest BCUT2D eigenvalue weighted by atomic mass is 10.00. The molecule has 0 aromatic heterocycles. The van der Waals surface area contributed by atoms with Crippen LogP contribution in [0.3, 0.4) is 0 Å². The van der Waals surface area contributed by atoms with Crippen LogP contribution in [-0.2, 0) is 39.0 Å². The summed E-state index contributed by atoms with van der Waals surface area (Å²) < 4.78 is 65.8. The summed E-state index contributed by atoms with van der Waals surface area (Å²) in [4.78, 5) is 23.5. The Morgan fingerprint density at radius 3 is 2.55 bits per heavy atom. The molecule has 174 valence electrons. The molecule has 12 heteroatoms. The smallest absolute Gasteiger partial charge is 0.471 e. The molecule has 8 nitrogen and oxygen atoms in total. The van der Waals surface area contributed by atoms with Crippen LogP contribution in [-0.4, -0.2) is 49.1 Å². The largest absolute Gasteiger partial charge is 0.480 e. The summed E-state index contributed by atoms with van der Waals surface area (Å²) in [5.41, 5.74) is 1.58. The van der Waals surface area contributed by atoms with Crippen LogP contribution in [0.2, 0.25) is 0 Å². The van der Waals surface area contributed by atoms with Crippen LogP contribution >= 0.6 is 0 Å². The maximum atomic E-state index is 12.8. The highest BCUT2D eigenvalue weighted by atomic mass is 32.2. The molecule has 0 radical (unpaired) electrons. The van der Waals surface area contributed by atoms with Crippen LogP contribution in [0, 0.1) is 11.3 Å². The maximum absolute atomic E-state index is 12.8. The molecular formula is C21H18F3N3O5S. The van der Waals surface area contributed by atoms with Gasteiger partial charge in [0.15, 0.2) is 0 Å². The van der Waals surface area contributed by atoms with Gasteiger partial charge in [-0.3, -0.25) is 9.59 Å². The molecule has 1 aliphatic heterocycles. The third kappa shape index (κ3) is 5.68. The lowest BCUT2D eigenvalue weighted by Gasteiger charge is -2.29. The lowest BCUT2D eigenvalue weighted by Crippen LogP contribution is -2.44. The van der Waals surface area contributed by atoms with Crippen molar-refractivity contribution < 1.29 is 36.3 Å². The Labute approximate surface area is 187 Å². The molecule has 0 saturated carbocycles. The van der Waals surface area contributed by atoms with E-state index < -0.39 is 34.1 Å². The molecule has 1 atom stereocenters. The number of carboxylic acids is 1. The average molecular weight is 481 g/mol. The zero-order chi connectivity index (χ0) is 24.4. The third-order valence-electron chi connectivity index (χ3n) is 5.12. The molecule has 1 amide bonds. The highest BCUT2D eigenvalue weighted by molar-refractivity contribution is 7.89. The van der Waals surface area contributed by atoms with Crippen molar-refractivity contribution in [2.24, 2.45) is 0 Å². The van der Waals surface area contributed by atoms with Crippen LogP contribution in [0.25, 0.3) is 0 Å². The van der Waals surface area contributed by atoms with E-state index in [0.717, 1.165) is 6.07 Å². The first-order valence-corrected chi connectivity index (χ1v) is 11.1. The number of aliphatic carboxylic acids is 1. The van der Waals surface area contributed by atoms with Gasteiger partial charge >= 0.3 is 18.1 Å². The molecule has 0 spiro atoms. The predicted octanol–water partition coefficient (Wildman–Crippen LogP) is 1.98.